The van der Waals surface area contributed by atoms with Crippen LogP contribution in [0.4, 0.5) is 0 Å². The highest BCUT2D eigenvalue weighted by atomic mass is 15.2. The molecule has 1 atom stereocenters. The minimum atomic E-state index is 0.390. The van der Waals surface area contributed by atoms with Crippen LogP contribution in [-0.4, -0.2) is 41.0 Å². The van der Waals surface area contributed by atoms with Crippen molar-refractivity contribution in [3.05, 3.63) is 23.3 Å². The lowest BCUT2D eigenvalue weighted by atomic mass is 10.1. The molecular weight excluding hydrogens is 248 g/mol. The van der Waals surface area contributed by atoms with Crippen molar-refractivity contribution in [1.29, 1.82) is 0 Å². The van der Waals surface area contributed by atoms with Gasteiger partial charge in [-0.25, -0.2) is 9.97 Å². The summed E-state index contributed by atoms with van der Waals surface area (Å²) in [6.07, 6.45) is 4.72. The third kappa shape index (κ3) is 3.01. The number of aryl methyl sites for hydroxylation is 1. The highest BCUT2D eigenvalue weighted by molar-refractivity contribution is 5.20. The van der Waals surface area contributed by atoms with E-state index >= 15 is 0 Å². The molecular formula is C16H26N4. The van der Waals surface area contributed by atoms with Crippen LogP contribution in [-0.2, 0) is 6.42 Å². The van der Waals surface area contributed by atoms with Crippen LogP contribution in [0.1, 0.15) is 62.3 Å². The Labute approximate surface area is 122 Å². The molecule has 1 saturated heterocycles. The fourth-order valence-corrected chi connectivity index (χ4v) is 3.06. The van der Waals surface area contributed by atoms with Crippen LogP contribution < -0.4 is 5.32 Å². The van der Waals surface area contributed by atoms with E-state index in [1.54, 1.807) is 0 Å². The summed E-state index contributed by atoms with van der Waals surface area (Å²) in [5.74, 6) is 1.78. The van der Waals surface area contributed by atoms with Gasteiger partial charge in [0, 0.05) is 43.5 Å². The molecule has 1 aromatic rings. The minimum absolute atomic E-state index is 0.390. The molecule has 2 fully saturated rings. The molecule has 110 valence electrons. The zero-order valence-electron chi connectivity index (χ0n) is 12.7. The van der Waals surface area contributed by atoms with Gasteiger partial charge in [0.05, 0.1) is 6.04 Å². The molecule has 1 N–H and O–H groups in total. The van der Waals surface area contributed by atoms with E-state index in [0.717, 1.165) is 44.8 Å². The first kappa shape index (κ1) is 14.0. The molecule has 4 nitrogen and oxygen atoms in total. The first-order valence-corrected chi connectivity index (χ1v) is 8.14. The van der Waals surface area contributed by atoms with Gasteiger partial charge in [0.1, 0.15) is 5.82 Å². The normalized spacial score (nSPS) is 21.9. The molecule has 1 unspecified atom stereocenters. The molecule has 1 aliphatic heterocycles. The number of hydrogen-bond donors (Lipinski definition) is 1. The van der Waals surface area contributed by atoms with Crippen molar-refractivity contribution in [2.24, 2.45) is 0 Å². The first-order valence-electron chi connectivity index (χ1n) is 8.14. The van der Waals surface area contributed by atoms with E-state index in [2.05, 4.69) is 30.1 Å². The van der Waals surface area contributed by atoms with Crippen LogP contribution >= 0.6 is 0 Å². The summed E-state index contributed by atoms with van der Waals surface area (Å²) >= 11 is 0. The third-order valence-corrected chi connectivity index (χ3v) is 4.45. The Balaban J connectivity index is 1.87. The summed E-state index contributed by atoms with van der Waals surface area (Å²) in [6.45, 7) is 8.83. The van der Waals surface area contributed by atoms with Crippen LogP contribution in [0.15, 0.2) is 6.07 Å². The van der Waals surface area contributed by atoms with Gasteiger partial charge in [-0.15, -0.1) is 0 Å². The Morgan fingerprint density at radius 2 is 2.00 bits per heavy atom. The van der Waals surface area contributed by atoms with Crippen LogP contribution in [0.25, 0.3) is 0 Å². The zero-order chi connectivity index (χ0) is 13.9. The SMILES string of the molecule is CCc1cc(C2CC2)nc(C(CC)N2CCNCC2)n1. The minimum Gasteiger partial charge on any atom is -0.314 e. The van der Waals surface area contributed by atoms with Crippen molar-refractivity contribution >= 4 is 0 Å². The molecule has 1 aromatic heterocycles. The van der Waals surface area contributed by atoms with Crippen LogP contribution in [0.3, 0.4) is 0 Å². The van der Waals surface area contributed by atoms with Gasteiger partial charge in [-0.05, 0) is 31.7 Å². The predicted octanol–water partition coefficient (Wildman–Crippen LogP) is 2.27. The Kier molecular flexibility index (Phi) is 4.32. The van der Waals surface area contributed by atoms with Gasteiger partial charge in [-0.2, -0.15) is 0 Å². The average molecular weight is 274 g/mol. The van der Waals surface area contributed by atoms with Crippen molar-refractivity contribution in [1.82, 2.24) is 20.2 Å². The van der Waals surface area contributed by atoms with E-state index < -0.39 is 0 Å². The number of rotatable bonds is 5. The van der Waals surface area contributed by atoms with Gasteiger partial charge in [0.15, 0.2) is 0 Å². The molecule has 3 rings (SSSR count). The second-order valence-electron chi connectivity index (χ2n) is 5.98. The molecule has 1 aliphatic carbocycles. The van der Waals surface area contributed by atoms with E-state index in [9.17, 15) is 0 Å². The fraction of sp³-hybridized carbons (Fsp3) is 0.750. The molecule has 20 heavy (non-hydrogen) atoms. The topological polar surface area (TPSA) is 41.1 Å². The predicted molar refractivity (Wildman–Crippen MR) is 80.9 cm³/mol. The quantitative estimate of drug-likeness (QED) is 0.894. The molecule has 0 amide bonds. The molecule has 2 aliphatic rings. The molecule has 0 spiro atoms. The van der Waals surface area contributed by atoms with Gasteiger partial charge in [0.2, 0.25) is 0 Å². The van der Waals surface area contributed by atoms with E-state index in [1.165, 1.54) is 24.2 Å². The largest absolute Gasteiger partial charge is 0.314 e. The highest BCUT2D eigenvalue weighted by Crippen LogP contribution is 2.39. The maximum absolute atomic E-state index is 4.92. The summed E-state index contributed by atoms with van der Waals surface area (Å²) < 4.78 is 0. The lowest BCUT2D eigenvalue weighted by molar-refractivity contribution is 0.162. The zero-order valence-corrected chi connectivity index (χ0v) is 12.7. The average Bonchev–Trinajstić information content (AvgIpc) is 3.33. The fourth-order valence-electron chi connectivity index (χ4n) is 3.06. The second kappa shape index (κ2) is 6.19. The van der Waals surface area contributed by atoms with E-state index in [0.29, 0.717) is 12.0 Å². The van der Waals surface area contributed by atoms with Crippen LogP contribution in [0.5, 0.6) is 0 Å². The smallest absolute Gasteiger partial charge is 0.145 e. The van der Waals surface area contributed by atoms with Gasteiger partial charge in [-0.3, -0.25) is 4.90 Å². The van der Waals surface area contributed by atoms with Gasteiger partial charge < -0.3 is 5.32 Å². The van der Waals surface area contributed by atoms with Crippen molar-refractivity contribution in [3.63, 3.8) is 0 Å². The molecule has 0 radical (unpaired) electrons. The van der Waals surface area contributed by atoms with E-state index in [-0.39, 0.29) is 0 Å². The summed E-state index contributed by atoms with van der Waals surface area (Å²) in [5.41, 5.74) is 2.51. The summed E-state index contributed by atoms with van der Waals surface area (Å²) in [7, 11) is 0. The van der Waals surface area contributed by atoms with Gasteiger partial charge >= 0.3 is 0 Å². The van der Waals surface area contributed by atoms with Gasteiger partial charge in [0.25, 0.3) is 0 Å². The van der Waals surface area contributed by atoms with Crippen molar-refractivity contribution < 1.29 is 0 Å². The van der Waals surface area contributed by atoms with E-state index in [4.69, 9.17) is 9.97 Å². The lowest BCUT2D eigenvalue weighted by Gasteiger charge is -2.33. The summed E-state index contributed by atoms with van der Waals surface area (Å²) in [4.78, 5) is 12.3. The number of nitrogens with one attached hydrogen (secondary N) is 1. The van der Waals surface area contributed by atoms with E-state index in [1.807, 2.05) is 0 Å². The Bertz CT molecular complexity index is 450. The first-order chi connectivity index (χ1) is 9.81. The second-order valence-corrected chi connectivity index (χ2v) is 5.98. The number of nitrogens with zero attached hydrogens (tertiary/aromatic N) is 3. The third-order valence-electron chi connectivity index (χ3n) is 4.45. The Morgan fingerprint density at radius 1 is 1.25 bits per heavy atom. The number of hydrogen-bond acceptors (Lipinski definition) is 4. The van der Waals surface area contributed by atoms with Crippen LogP contribution in [0.2, 0.25) is 0 Å². The summed E-state index contributed by atoms with van der Waals surface area (Å²) in [5, 5.41) is 3.42. The molecule has 0 aromatic carbocycles. The number of aromatic nitrogens is 2. The van der Waals surface area contributed by atoms with Crippen molar-refractivity contribution in [3.8, 4) is 0 Å². The van der Waals surface area contributed by atoms with Crippen molar-refractivity contribution in [2.45, 2.75) is 51.5 Å². The lowest BCUT2D eigenvalue weighted by Crippen LogP contribution is -2.45. The maximum Gasteiger partial charge on any atom is 0.145 e. The molecule has 0 bridgehead atoms. The standard InChI is InChI=1S/C16H26N4/c1-3-13-11-14(12-5-6-12)19-16(18-13)15(4-2)20-9-7-17-8-10-20/h11-12,15,17H,3-10H2,1-2H3. The Hall–Kier alpha value is -1.00. The maximum atomic E-state index is 4.92. The Morgan fingerprint density at radius 3 is 2.60 bits per heavy atom. The van der Waals surface area contributed by atoms with Crippen LogP contribution in [0, 0.1) is 0 Å². The highest BCUT2D eigenvalue weighted by Gasteiger charge is 2.28. The molecule has 2 heterocycles. The monoisotopic (exact) mass is 274 g/mol. The van der Waals surface area contributed by atoms with Crippen molar-refractivity contribution in [2.75, 3.05) is 26.2 Å². The number of piperazine rings is 1. The summed E-state index contributed by atoms with van der Waals surface area (Å²) in [6, 6.07) is 2.62. The van der Waals surface area contributed by atoms with Gasteiger partial charge in [-0.1, -0.05) is 13.8 Å². The molecule has 1 saturated carbocycles. The molecule has 4 heteroatoms.